The Bertz CT molecular complexity index is 2030. The first-order valence-corrected chi connectivity index (χ1v) is 49.3. The second kappa shape index (κ2) is 83.0. The molecule has 3 N–H and O–H groups in total. The van der Waals surface area contributed by atoms with Crippen LogP contribution in [0.3, 0.4) is 0 Å². The van der Waals surface area contributed by atoms with Gasteiger partial charge in [0.2, 0.25) is 0 Å². The molecule has 0 saturated heterocycles. The van der Waals surface area contributed by atoms with E-state index in [9.17, 15) is 43.2 Å². The topological polar surface area (TPSA) is 237 Å². The molecule has 19 heteroatoms. The molecule has 2 unspecified atom stereocenters. The largest absolute Gasteiger partial charge is 0.472 e. The van der Waals surface area contributed by atoms with Crippen LogP contribution < -0.4 is 0 Å². The predicted octanol–water partition coefficient (Wildman–Crippen LogP) is 27.7. The van der Waals surface area contributed by atoms with E-state index in [1.54, 1.807) is 0 Å². The van der Waals surface area contributed by atoms with Gasteiger partial charge >= 0.3 is 39.5 Å². The van der Waals surface area contributed by atoms with E-state index in [0.717, 1.165) is 89.9 Å². The molecule has 0 spiro atoms. The van der Waals surface area contributed by atoms with Crippen molar-refractivity contribution in [3.05, 3.63) is 0 Å². The molecule has 0 fully saturated rings. The van der Waals surface area contributed by atoms with Gasteiger partial charge in [0, 0.05) is 25.7 Å². The van der Waals surface area contributed by atoms with Gasteiger partial charge in [-0.25, -0.2) is 9.13 Å². The van der Waals surface area contributed by atoms with Gasteiger partial charge in [-0.2, -0.15) is 0 Å². The molecule has 0 rings (SSSR count). The number of aliphatic hydroxyl groups is 1. The fourth-order valence-electron chi connectivity index (χ4n) is 14.1. The Balaban J connectivity index is 5.21. The molecule has 642 valence electrons. The molecule has 0 aromatic carbocycles. The first-order chi connectivity index (χ1) is 52.7. The molecule has 0 heterocycles. The molecule has 108 heavy (non-hydrogen) atoms. The van der Waals surface area contributed by atoms with E-state index in [0.29, 0.717) is 25.7 Å². The van der Waals surface area contributed by atoms with E-state index in [-0.39, 0.29) is 25.7 Å². The van der Waals surface area contributed by atoms with E-state index in [4.69, 9.17) is 37.0 Å². The van der Waals surface area contributed by atoms with Gasteiger partial charge in [-0.1, -0.05) is 439 Å². The Morgan fingerprint density at radius 3 is 0.546 bits per heavy atom. The highest BCUT2D eigenvalue weighted by molar-refractivity contribution is 7.47. The summed E-state index contributed by atoms with van der Waals surface area (Å²) in [6.07, 6.45) is 79.3. The first-order valence-electron chi connectivity index (χ1n) is 46.3. The van der Waals surface area contributed by atoms with Gasteiger partial charge in [0.05, 0.1) is 26.4 Å². The minimum atomic E-state index is -4.97. The summed E-state index contributed by atoms with van der Waals surface area (Å²) in [6, 6.07) is 0. The Morgan fingerprint density at radius 2 is 0.370 bits per heavy atom. The van der Waals surface area contributed by atoms with E-state index < -0.39 is 97.5 Å². The lowest BCUT2D eigenvalue weighted by Crippen LogP contribution is -2.30. The highest BCUT2D eigenvalue weighted by atomic mass is 31.2. The van der Waals surface area contributed by atoms with Crippen molar-refractivity contribution in [2.45, 2.75) is 508 Å². The van der Waals surface area contributed by atoms with Gasteiger partial charge in [-0.15, -0.1) is 0 Å². The molecular weight excluding hydrogens is 1400 g/mol. The van der Waals surface area contributed by atoms with Crippen LogP contribution in [0.2, 0.25) is 0 Å². The normalized spacial score (nSPS) is 13.7. The molecule has 0 amide bonds. The lowest BCUT2D eigenvalue weighted by Gasteiger charge is -2.21. The van der Waals surface area contributed by atoms with Crippen molar-refractivity contribution in [2.24, 2.45) is 0 Å². The van der Waals surface area contributed by atoms with Crippen molar-refractivity contribution in [1.29, 1.82) is 0 Å². The minimum absolute atomic E-state index is 0.109. The molecule has 5 atom stereocenters. The Labute approximate surface area is 664 Å². The molecule has 0 aliphatic heterocycles. The summed E-state index contributed by atoms with van der Waals surface area (Å²) in [5.41, 5.74) is 0. The van der Waals surface area contributed by atoms with Crippen LogP contribution in [0.5, 0.6) is 0 Å². The molecule has 0 radical (unpaired) electrons. The lowest BCUT2D eigenvalue weighted by molar-refractivity contribution is -0.161. The van der Waals surface area contributed by atoms with E-state index in [1.807, 2.05) is 0 Å². The van der Waals surface area contributed by atoms with E-state index in [2.05, 4.69) is 27.7 Å². The number of carbonyl (C=O) groups is 4. The molecule has 0 saturated carbocycles. The second-order valence-electron chi connectivity index (χ2n) is 32.0. The number of hydrogen-bond donors (Lipinski definition) is 3. The SMILES string of the molecule is CCCCCCCCCCCCCCCCCCCCCCCCC(=O)O[C@H](COC(=O)CCCCCCCCCCCCCCCCCCCCCCC)COP(=O)(O)OC[C@@H](O)COP(=O)(O)OC[C@@H](COC(=O)CCCCCCCCCCCCC)OC(=O)CCCCCCCCCCCCCCCC. The van der Waals surface area contributed by atoms with Crippen molar-refractivity contribution in [2.75, 3.05) is 39.6 Å². The summed E-state index contributed by atoms with van der Waals surface area (Å²) in [7, 11) is -9.93. The van der Waals surface area contributed by atoms with Crippen LogP contribution >= 0.6 is 15.6 Å². The van der Waals surface area contributed by atoms with Crippen LogP contribution in [-0.4, -0.2) is 96.7 Å². The van der Waals surface area contributed by atoms with Crippen LogP contribution in [0.15, 0.2) is 0 Å². The molecule has 0 aromatic heterocycles. The molecule has 0 aromatic rings. The number of phosphoric acid groups is 2. The van der Waals surface area contributed by atoms with Crippen molar-refractivity contribution in [3.8, 4) is 0 Å². The van der Waals surface area contributed by atoms with E-state index in [1.165, 1.54) is 321 Å². The van der Waals surface area contributed by atoms with E-state index >= 15 is 0 Å². The van der Waals surface area contributed by atoms with Crippen LogP contribution in [0, 0.1) is 0 Å². The zero-order valence-electron chi connectivity index (χ0n) is 70.8. The van der Waals surface area contributed by atoms with Crippen LogP contribution in [0.1, 0.15) is 490 Å². The van der Waals surface area contributed by atoms with Crippen molar-refractivity contribution in [1.82, 2.24) is 0 Å². The summed E-state index contributed by atoms with van der Waals surface area (Å²) in [6.45, 7) is 5.07. The fourth-order valence-corrected chi connectivity index (χ4v) is 15.6. The summed E-state index contributed by atoms with van der Waals surface area (Å²) >= 11 is 0. The van der Waals surface area contributed by atoms with Crippen molar-refractivity contribution >= 4 is 39.5 Å². The number of hydrogen-bond acceptors (Lipinski definition) is 15. The maximum atomic E-state index is 13.2. The molecule has 0 bridgehead atoms. The quantitative estimate of drug-likeness (QED) is 0.0222. The standard InChI is InChI=1S/C89H174O17P2/c1-5-9-13-17-21-25-29-32-35-37-39-41-43-45-47-49-52-56-60-64-68-72-76-89(94)106-85(80-100-87(92)74-70-66-62-58-54-51-48-46-44-42-40-38-36-33-30-26-22-18-14-10-6-2)82-104-108(97,98)102-78-83(90)77-101-107(95,96)103-81-84(79-99-86(91)73-69-65-61-57-53-28-24-20-16-12-8-4)105-88(93)75-71-67-63-59-55-50-34-31-27-23-19-15-11-7-3/h83-85,90H,5-82H2,1-4H3,(H,95,96)(H,97,98)/t83-,84+,85+/m0/s1. The number of unbranched alkanes of at least 4 members (excludes halogenated alkanes) is 64. The molecule has 17 nitrogen and oxygen atoms in total. The average Bonchev–Trinajstić information content (AvgIpc) is 0.900. The third kappa shape index (κ3) is 82.1. The maximum absolute atomic E-state index is 13.2. The minimum Gasteiger partial charge on any atom is -0.462 e. The first kappa shape index (κ1) is 106. The summed E-state index contributed by atoms with van der Waals surface area (Å²) in [5.74, 6) is -2.09. The van der Waals surface area contributed by atoms with Gasteiger partial charge in [0.15, 0.2) is 12.2 Å². The second-order valence-corrected chi connectivity index (χ2v) is 34.9. The third-order valence-corrected chi connectivity index (χ3v) is 23.0. The molecular formula is C89H174O17P2. The fraction of sp³-hybridized carbons (Fsp3) is 0.955. The summed E-state index contributed by atoms with van der Waals surface area (Å²) in [4.78, 5) is 73.3. The third-order valence-electron chi connectivity index (χ3n) is 21.1. The maximum Gasteiger partial charge on any atom is 0.472 e. The number of aliphatic hydroxyl groups excluding tert-OH is 1. The van der Waals surface area contributed by atoms with Gasteiger partial charge in [-0.05, 0) is 25.7 Å². The number of phosphoric ester groups is 2. The smallest absolute Gasteiger partial charge is 0.462 e. The van der Waals surface area contributed by atoms with Gasteiger partial charge in [-0.3, -0.25) is 37.3 Å². The number of esters is 4. The highest BCUT2D eigenvalue weighted by Gasteiger charge is 2.30. The number of carbonyl (C=O) groups excluding carboxylic acids is 4. The van der Waals surface area contributed by atoms with Crippen LogP contribution in [-0.2, 0) is 65.4 Å². The van der Waals surface area contributed by atoms with Crippen LogP contribution in [0.4, 0.5) is 0 Å². The van der Waals surface area contributed by atoms with Crippen molar-refractivity contribution in [3.63, 3.8) is 0 Å². The van der Waals surface area contributed by atoms with Gasteiger partial charge in [0.1, 0.15) is 19.3 Å². The summed E-state index contributed by atoms with van der Waals surface area (Å²) < 4.78 is 69.0. The molecule has 0 aliphatic carbocycles. The monoisotopic (exact) mass is 1580 g/mol. The van der Waals surface area contributed by atoms with Gasteiger partial charge in [0.25, 0.3) is 0 Å². The Kier molecular flexibility index (Phi) is 81.5. The molecule has 0 aliphatic rings. The van der Waals surface area contributed by atoms with Crippen molar-refractivity contribution < 1.29 is 80.2 Å². The Hall–Kier alpha value is -1.94. The highest BCUT2D eigenvalue weighted by Crippen LogP contribution is 2.45. The number of ether oxygens (including phenoxy) is 4. The summed E-state index contributed by atoms with van der Waals surface area (Å²) in [5, 5.41) is 10.7. The average molecular weight is 1580 g/mol. The van der Waals surface area contributed by atoms with Gasteiger partial charge < -0.3 is 33.8 Å². The lowest BCUT2D eigenvalue weighted by atomic mass is 10.0. The zero-order valence-corrected chi connectivity index (χ0v) is 72.6. The number of rotatable bonds is 90. The van der Waals surface area contributed by atoms with Crippen LogP contribution in [0.25, 0.3) is 0 Å². The Morgan fingerprint density at radius 1 is 0.222 bits per heavy atom. The zero-order chi connectivity index (χ0) is 78.9. The predicted molar refractivity (Wildman–Crippen MR) is 446 cm³/mol.